The van der Waals surface area contributed by atoms with Crippen molar-refractivity contribution in [3.8, 4) is 17.0 Å². The van der Waals surface area contributed by atoms with Crippen LogP contribution in [0.1, 0.15) is 0 Å². The fourth-order valence-electron chi connectivity index (χ4n) is 1.81. The SMILES string of the molecule is COc1ccc(-c2cc(Nc3cn[nH]c3)ncn2)cc1. The molecule has 0 fully saturated rings. The first kappa shape index (κ1) is 12.2. The molecule has 2 aromatic heterocycles. The molecule has 20 heavy (non-hydrogen) atoms. The van der Waals surface area contributed by atoms with E-state index in [2.05, 4.69) is 25.5 Å². The first-order valence-corrected chi connectivity index (χ1v) is 6.07. The molecule has 6 heteroatoms. The molecule has 0 atom stereocenters. The molecule has 2 N–H and O–H groups in total. The predicted octanol–water partition coefficient (Wildman–Crippen LogP) is 2.62. The Morgan fingerprint density at radius 3 is 2.70 bits per heavy atom. The summed E-state index contributed by atoms with van der Waals surface area (Å²) in [5.74, 6) is 1.53. The normalized spacial score (nSPS) is 10.2. The van der Waals surface area contributed by atoms with Crippen LogP contribution in [-0.2, 0) is 0 Å². The van der Waals surface area contributed by atoms with E-state index < -0.39 is 0 Å². The number of H-pyrrole nitrogens is 1. The molecule has 6 nitrogen and oxygen atoms in total. The second kappa shape index (κ2) is 5.40. The topological polar surface area (TPSA) is 75.7 Å². The van der Waals surface area contributed by atoms with Crippen molar-refractivity contribution in [2.75, 3.05) is 12.4 Å². The number of benzene rings is 1. The molecule has 1 aromatic carbocycles. The number of aromatic nitrogens is 4. The van der Waals surface area contributed by atoms with E-state index in [-0.39, 0.29) is 0 Å². The Balaban J connectivity index is 1.86. The number of nitrogens with one attached hydrogen (secondary N) is 2. The molecule has 0 amide bonds. The van der Waals surface area contributed by atoms with Gasteiger partial charge in [0.05, 0.1) is 24.7 Å². The molecular formula is C14H13N5O. The molecule has 0 unspecified atom stereocenters. The van der Waals surface area contributed by atoms with Gasteiger partial charge in [0.2, 0.25) is 0 Å². The quantitative estimate of drug-likeness (QED) is 0.760. The predicted molar refractivity (Wildman–Crippen MR) is 75.9 cm³/mol. The summed E-state index contributed by atoms with van der Waals surface area (Å²) >= 11 is 0. The maximum Gasteiger partial charge on any atom is 0.134 e. The fourth-order valence-corrected chi connectivity index (χ4v) is 1.81. The fraction of sp³-hybridized carbons (Fsp3) is 0.0714. The number of rotatable bonds is 4. The molecule has 0 saturated carbocycles. The highest BCUT2D eigenvalue weighted by Crippen LogP contribution is 2.22. The van der Waals surface area contributed by atoms with Gasteiger partial charge < -0.3 is 10.1 Å². The van der Waals surface area contributed by atoms with Crippen molar-refractivity contribution in [3.63, 3.8) is 0 Å². The summed E-state index contributed by atoms with van der Waals surface area (Å²) in [6.07, 6.45) is 4.98. The van der Waals surface area contributed by atoms with Crippen molar-refractivity contribution < 1.29 is 4.74 Å². The standard InChI is InChI=1S/C14H13N5O/c1-20-12-4-2-10(3-5-12)13-6-14(16-9-15-13)19-11-7-17-18-8-11/h2-9H,1H3,(H,17,18)(H,15,16,19). The highest BCUT2D eigenvalue weighted by atomic mass is 16.5. The monoisotopic (exact) mass is 267 g/mol. The van der Waals surface area contributed by atoms with Gasteiger partial charge in [-0.3, -0.25) is 5.10 Å². The van der Waals surface area contributed by atoms with E-state index in [1.807, 2.05) is 30.3 Å². The third-order valence-corrected chi connectivity index (χ3v) is 2.82. The number of aromatic amines is 1. The second-order valence-electron chi connectivity index (χ2n) is 4.13. The maximum absolute atomic E-state index is 5.14. The van der Waals surface area contributed by atoms with E-state index in [1.54, 1.807) is 19.5 Å². The third kappa shape index (κ3) is 2.59. The van der Waals surface area contributed by atoms with Crippen molar-refractivity contribution in [2.24, 2.45) is 0 Å². The van der Waals surface area contributed by atoms with E-state index in [0.717, 1.165) is 22.7 Å². The van der Waals surface area contributed by atoms with Gasteiger partial charge in [0.15, 0.2) is 0 Å². The number of anilines is 2. The van der Waals surface area contributed by atoms with Crippen LogP contribution in [0.15, 0.2) is 49.1 Å². The van der Waals surface area contributed by atoms with Gasteiger partial charge in [-0.05, 0) is 24.3 Å². The van der Waals surface area contributed by atoms with E-state index in [1.165, 1.54) is 6.33 Å². The number of nitrogens with zero attached hydrogens (tertiary/aromatic N) is 3. The van der Waals surface area contributed by atoms with Crippen LogP contribution in [0.25, 0.3) is 11.3 Å². The highest BCUT2D eigenvalue weighted by molar-refractivity contribution is 5.65. The third-order valence-electron chi connectivity index (χ3n) is 2.82. The van der Waals surface area contributed by atoms with Crippen molar-refractivity contribution >= 4 is 11.5 Å². The summed E-state index contributed by atoms with van der Waals surface area (Å²) in [6.45, 7) is 0. The van der Waals surface area contributed by atoms with Crippen LogP contribution in [0, 0.1) is 0 Å². The minimum absolute atomic E-state index is 0.715. The van der Waals surface area contributed by atoms with Crippen molar-refractivity contribution in [1.29, 1.82) is 0 Å². The van der Waals surface area contributed by atoms with Crippen LogP contribution >= 0.6 is 0 Å². The molecule has 100 valence electrons. The Hall–Kier alpha value is -2.89. The lowest BCUT2D eigenvalue weighted by Gasteiger charge is -2.06. The minimum atomic E-state index is 0.715. The summed E-state index contributed by atoms with van der Waals surface area (Å²) in [5.41, 5.74) is 2.70. The van der Waals surface area contributed by atoms with Gasteiger partial charge in [0.1, 0.15) is 17.9 Å². The average molecular weight is 267 g/mol. The van der Waals surface area contributed by atoms with Crippen LogP contribution in [0.2, 0.25) is 0 Å². The Kier molecular flexibility index (Phi) is 3.28. The van der Waals surface area contributed by atoms with Gasteiger partial charge in [-0.25, -0.2) is 9.97 Å². The molecule has 3 rings (SSSR count). The number of hydrogen-bond acceptors (Lipinski definition) is 5. The van der Waals surface area contributed by atoms with Gasteiger partial charge >= 0.3 is 0 Å². The molecule has 3 aromatic rings. The van der Waals surface area contributed by atoms with E-state index in [9.17, 15) is 0 Å². The molecule has 0 saturated heterocycles. The first-order chi connectivity index (χ1) is 9.85. The lowest BCUT2D eigenvalue weighted by molar-refractivity contribution is 0.415. The van der Waals surface area contributed by atoms with Gasteiger partial charge in [0, 0.05) is 17.8 Å². The minimum Gasteiger partial charge on any atom is -0.497 e. The van der Waals surface area contributed by atoms with Crippen molar-refractivity contribution in [3.05, 3.63) is 49.1 Å². The Labute approximate surface area is 115 Å². The lowest BCUT2D eigenvalue weighted by Crippen LogP contribution is -1.94. The number of methoxy groups -OCH3 is 1. The highest BCUT2D eigenvalue weighted by Gasteiger charge is 2.03. The summed E-state index contributed by atoms with van der Waals surface area (Å²) in [6, 6.07) is 9.61. The van der Waals surface area contributed by atoms with E-state index in [4.69, 9.17) is 4.74 Å². The van der Waals surface area contributed by atoms with Crippen LogP contribution in [-0.4, -0.2) is 27.3 Å². The summed E-state index contributed by atoms with van der Waals surface area (Å²) in [4.78, 5) is 8.46. The Bertz CT molecular complexity index is 679. The molecule has 2 heterocycles. The largest absolute Gasteiger partial charge is 0.497 e. The molecule has 0 radical (unpaired) electrons. The molecule has 0 aliphatic heterocycles. The zero-order chi connectivity index (χ0) is 13.8. The van der Waals surface area contributed by atoms with Gasteiger partial charge in [0.25, 0.3) is 0 Å². The zero-order valence-electron chi connectivity index (χ0n) is 10.9. The lowest BCUT2D eigenvalue weighted by atomic mass is 10.1. The van der Waals surface area contributed by atoms with Crippen molar-refractivity contribution in [2.45, 2.75) is 0 Å². The first-order valence-electron chi connectivity index (χ1n) is 6.07. The number of ether oxygens (including phenoxy) is 1. The molecule has 0 aliphatic carbocycles. The molecule has 0 bridgehead atoms. The summed E-state index contributed by atoms with van der Waals surface area (Å²) in [5, 5.41) is 9.76. The number of hydrogen-bond donors (Lipinski definition) is 2. The summed E-state index contributed by atoms with van der Waals surface area (Å²) in [7, 11) is 1.65. The maximum atomic E-state index is 5.14. The zero-order valence-corrected chi connectivity index (χ0v) is 10.9. The van der Waals surface area contributed by atoms with E-state index in [0.29, 0.717) is 5.82 Å². The summed E-state index contributed by atoms with van der Waals surface area (Å²) < 4.78 is 5.14. The van der Waals surface area contributed by atoms with Crippen molar-refractivity contribution in [1.82, 2.24) is 20.2 Å². The second-order valence-corrected chi connectivity index (χ2v) is 4.13. The Morgan fingerprint density at radius 1 is 1.15 bits per heavy atom. The average Bonchev–Trinajstić information content (AvgIpc) is 3.01. The molecule has 0 spiro atoms. The van der Waals surface area contributed by atoms with Crippen LogP contribution in [0.5, 0.6) is 5.75 Å². The smallest absolute Gasteiger partial charge is 0.134 e. The van der Waals surface area contributed by atoms with Gasteiger partial charge in [-0.2, -0.15) is 5.10 Å². The van der Waals surface area contributed by atoms with E-state index >= 15 is 0 Å². The molecular weight excluding hydrogens is 254 g/mol. The van der Waals surface area contributed by atoms with Crippen LogP contribution in [0.3, 0.4) is 0 Å². The van der Waals surface area contributed by atoms with Crippen LogP contribution < -0.4 is 10.1 Å². The van der Waals surface area contributed by atoms with Gasteiger partial charge in [-0.15, -0.1) is 0 Å². The Morgan fingerprint density at radius 2 is 2.00 bits per heavy atom. The van der Waals surface area contributed by atoms with Gasteiger partial charge in [-0.1, -0.05) is 0 Å². The molecule has 0 aliphatic rings. The van der Waals surface area contributed by atoms with Crippen LogP contribution in [0.4, 0.5) is 11.5 Å².